The average Bonchev–Trinajstić information content (AvgIpc) is 3.24. The van der Waals surface area contributed by atoms with Crippen molar-refractivity contribution in [2.45, 2.75) is 26.4 Å². The summed E-state index contributed by atoms with van der Waals surface area (Å²) in [6.07, 6.45) is 1.56. The van der Waals surface area contributed by atoms with E-state index in [1.54, 1.807) is 23.3 Å². The molecule has 1 aliphatic heterocycles. The lowest BCUT2D eigenvalue weighted by Crippen LogP contribution is -2.57. The largest absolute Gasteiger partial charge is 0.467 e. The van der Waals surface area contributed by atoms with Crippen molar-refractivity contribution < 1.29 is 14.0 Å². The number of rotatable bonds is 6. The van der Waals surface area contributed by atoms with Gasteiger partial charge in [0.25, 0.3) is 0 Å². The fourth-order valence-corrected chi connectivity index (χ4v) is 3.40. The van der Waals surface area contributed by atoms with E-state index in [4.69, 9.17) is 16.0 Å². The standard InChI is InChI=1S/C21H27ClN4O3/c1-15(2)19(20(27)23-14-18-4-3-13-29-18)24-21(28)26-11-9-25(10-12-26)17-7-5-16(22)6-8-17/h3-8,13,15,19H,9-12,14H2,1-2H3,(H,23,27)(H,24,28)/t19-/m1/s1. The van der Waals surface area contributed by atoms with Crippen LogP contribution < -0.4 is 15.5 Å². The smallest absolute Gasteiger partial charge is 0.318 e. The summed E-state index contributed by atoms with van der Waals surface area (Å²) < 4.78 is 5.23. The Bertz CT molecular complexity index is 800. The van der Waals surface area contributed by atoms with E-state index in [9.17, 15) is 9.59 Å². The average molecular weight is 419 g/mol. The molecule has 1 atom stereocenters. The van der Waals surface area contributed by atoms with Gasteiger partial charge in [-0.3, -0.25) is 4.79 Å². The number of halogens is 1. The molecule has 0 saturated carbocycles. The molecule has 0 bridgehead atoms. The van der Waals surface area contributed by atoms with Gasteiger partial charge in [0.05, 0.1) is 12.8 Å². The molecule has 0 aliphatic carbocycles. The summed E-state index contributed by atoms with van der Waals surface area (Å²) in [5.74, 6) is 0.418. The second kappa shape index (κ2) is 9.69. The lowest BCUT2D eigenvalue weighted by molar-refractivity contribution is -0.124. The highest BCUT2D eigenvalue weighted by atomic mass is 35.5. The Kier molecular flexibility index (Phi) is 7.04. The van der Waals surface area contributed by atoms with E-state index in [1.165, 1.54) is 0 Å². The molecule has 156 valence electrons. The lowest BCUT2D eigenvalue weighted by atomic mass is 10.0. The Morgan fingerprint density at radius 1 is 1.10 bits per heavy atom. The number of carbonyl (C=O) groups excluding carboxylic acids is 2. The predicted molar refractivity (Wildman–Crippen MR) is 113 cm³/mol. The molecule has 2 aromatic rings. The predicted octanol–water partition coefficient (Wildman–Crippen LogP) is 3.11. The molecule has 2 N–H and O–H groups in total. The first kappa shape index (κ1) is 21.0. The molecule has 1 fully saturated rings. The van der Waals surface area contributed by atoms with Crippen LogP contribution in [0, 0.1) is 5.92 Å². The molecule has 2 heterocycles. The summed E-state index contributed by atoms with van der Waals surface area (Å²) in [5.41, 5.74) is 1.09. The second-order valence-corrected chi connectivity index (χ2v) is 7.86. The molecule has 29 heavy (non-hydrogen) atoms. The molecule has 3 amide bonds. The fourth-order valence-electron chi connectivity index (χ4n) is 3.28. The molecular formula is C21H27ClN4O3. The van der Waals surface area contributed by atoms with E-state index in [-0.39, 0.29) is 17.9 Å². The summed E-state index contributed by atoms with van der Waals surface area (Å²) >= 11 is 5.95. The minimum absolute atomic E-state index is 0.0362. The zero-order chi connectivity index (χ0) is 20.8. The van der Waals surface area contributed by atoms with E-state index >= 15 is 0 Å². The summed E-state index contributed by atoms with van der Waals surface area (Å²) in [7, 11) is 0. The maximum absolute atomic E-state index is 12.7. The summed E-state index contributed by atoms with van der Waals surface area (Å²) in [5, 5.41) is 6.41. The van der Waals surface area contributed by atoms with Crippen LogP contribution in [-0.4, -0.2) is 49.1 Å². The van der Waals surface area contributed by atoms with Crippen molar-refractivity contribution in [3.8, 4) is 0 Å². The number of benzene rings is 1. The molecule has 1 saturated heterocycles. The van der Waals surface area contributed by atoms with Gasteiger partial charge in [-0.1, -0.05) is 25.4 Å². The molecular weight excluding hydrogens is 392 g/mol. The highest BCUT2D eigenvalue weighted by Crippen LogP contribution is 2.19. The van der Waals surface area contributed by atoms with E-state index in [0.29, 0.717) is 30.4 Å². The maximum atomic E-state index is 12.7. The first-order valence-electron chi connectivity index (χ1n) is 9.80. The van der Waals surface area contributed by atoms with Crippen molar-refractivity contribution in [1.29, 1.82) is 0 Å². The van der Waals surface area contributed by atoms with Crippen LogP contribution in [0.5, 0.6) is 0 Å². The van der Waals surface area contributed by atoms with Crippen LogP contribution in [0.4, 0.5) is 10.5 Å². The van der Waals surface area contributed by atoms with Gasteiger partial charge >= 0.3 is 6.03 Å². The summed E-state index contributed by atoms with van der Waals surface area (Å²) in [6, 6.07) is 10.4. The van der Waals surface area contributed by atoms with Crippen molar-refractivity contribution in [2.75, 3.05) is 31.1 Å². The van der Waals surface area contributed by atoms with Crippen LogP contribution >= 0.6 is 11.6 Å². The molecule has 0 radical (unpaired) electrons. The van der Waals surface area contributed by atoms with Crippen molar-refractivity contribution >= 4 is 29.2 Å². The van der Waals surface area contributed by atoms with Gasteiger partial charge in [0.1, 0.15) is 11.8 Å². The van der Waals surface area contributed by atoms with E-state index in [2.05, 4.69) is 15.5 Å². The number of hydrogen-bond donors (Lipinski definition) is 2. The first-order valence-corrected chi connectivity index (χ1v) is 10.2. The Balaban J connectivity index is 1.51. The third-order valence-electron chi connectivity index (χ3n) is 5.00. The maximum Gasteiger partial charge on any atom is 0.318 e. The van der Waals surface area contributed by atoms with Crippen LogP contribution in [0.25, 0.3) is 0 Å². The van der Waals surface area contributed by atoms with Gasteiger partial charge in [-0.05, 0) is 42.3 Å². The quantitative estimate of drug-likeness (QED) is 0.755. The number of piperazine rings is 1. The van der Waals surface area contributed by atoms with Crippen molar-refractivity contribution in [3.63, 3.8) is 0 Å². The third-order valence-corrected chi connectivity index (χ3v) is 5.26. The van der Waals surface area contributed by atoms with Gasteiger partial charge in [0.2, 0.25) is 5.91 Å². The lowest BCUT2D eigenvalue weighted by Gasteiger charge is -2.37. The summed E-state index contributed by atoms with van der Waals surface area (Å²) in [6.45, 7) is 6.76. The van der Waals surface area contributed by atoms with Crippen LogP contribution in [0.15, 0.2) is 47.1 Å². The molecule has 0 unspecified atom stereocenters. The number of furan rings is 1. The minimum Gasteiger partial charge on any atom is -0.467 e. The van der Waals surface area contributed by atoms with Gasteiger partial charge < -0.3 is 24.9 Å². The van der Waals surface area contributed by atoms with Crippen molar-refractivity contribution in [2.24, 2.45) is 5.92 Å². The fraction of sp³-hybridized carbons (Fsp3) is 0.429. The van der Waals surface area contributed by atoms with Crippen LogP contribution in [-0.2, 0) is 11.3 Å². The van der Waals surface area contributed by atoms with Gasteiger partial charge in [0, 0.05) is 36.9 Å². The number of hydrogen-bond acceptors (Lipinski definition) is 4. The molecule has 1 aliphatic rings. The molecule has 3 rings (SSSR count). The van der Waals surface area contributed by atoms with Crippen molar-refractivity contribution in [1.82, 2.24) is 15.5 Å². The van der Waals surface area contributed by atoms with Crippen LogP contribution in [0.1, 0.15) is 19.6 Å². The molecule has 7 nitrogen and oxygen atoms in total. The number of nitrogens with one attached hydrogen (secondary N) is 2. The van der Waals surface area contributed by atoms with Gasteiger partial charge in [-0.15, -0.1) is 0 Å². The van der Waals surface area contributed by atoms with Crippen molar-refractivity contribution in [3.05, 3.63) is 53.4 Å². The second-order valence-electron chi connectivity index (χ2n) is 7.42. The summed E-state index contributed by atoms with van der Waals surface area (Å²) in [4.78, 5) is 29.2. The number of amides is 3. The Morgan fingerprint density at radius 3 is 2.38 bits per heavy atom. The zero-order valence-electron chi connectivity index (χ0n) is 16.7. The molecule has 1 aromatic carbocycles. The number of carbonyl (C=O) groups is 2. The topological polar surface area (TPSA) is 77.8 Å². The number of urea groups is 1. The van der Waals surface area contributed by atoms with Crippen LogP contribution in [0.3, 0.4) is 0 Å². The highest BCUT2D eigenvalue weighted by molar-refractivity contribution is 6.30. The van der Waals surface area contributed by atoms with E-state index in [1.807, 2.05) is 38.1 Å². The highest BCUT2D eigenvalue weighted by Gasteiger charge is 2.28. The van der Waals surface area contributed by atoms with E-state index < -0.39 is 6.04 Å². The minimum atomic E-state index is -0.605. The normalized spacial score (nSPS) is 15.3. The van der Waals surface area contributed by atoms with Gasteiger partial charge in [-0.25, -0.2) is 4.79 Å². The van der Waals surface area contributed by atoms with Gasteiger partial charge in [0.15, 0.2) is 0 Å². The van der Waals surface area contributed by atoms with Crippen LogP contribution in [0.2, 0.25) is 5.02 Å². The third kappa shape index (κ3) is 5.67. The Labute approximate surface area is 176 Å². The number of anilines is 1. The van der Waals surface area contributed by atoms with E-state index in [0.717, 1.165) is 18.8 Å². The molecule has 0 spiro atoms. The van der Waals surface area contributed by atoms with Gasteiger partial charge in [-0.2, -0.15) is 0 Å². The number of nitrogens with zero attached hydrogens (tertiary/aromatic N) is 2. The molecule has 8 heteroatoms. The monoisotopic (exact) mass is 418 g/mol. The Hall–Kier alpha value is -2.67. The Morgan fingerprint density at radius 2 is 1.79 bits per heavy atom. The SMILES string of the molecule is CC(C)[C@@H](NC(=O)N1CCN(c2ccc(Cl)cc2)CC1)C(=O)NCc1ccco1. The zero-order valence-corrected chi connectivity index (χ0v) is 17.5. The first-order chi connectivity index (χ1) is 13.9. The molecule has 1 aromatic heterocycles.